The van der Waals surface area contributed by atoms with Crippen molar-refractivity contribution in [3.8, 4) is 11.5 Å². The second kappa shape index (κ2) is 6.45. The van der Waals surface area contributed by atoms with Gasteiger partial charge in [0.25, 0.3) is 0 Å². The van der Waals surface area contributed by atoms with Crippen molar-refractivity contribution in [1.82, 2.24) is 4.90 Å². The van der Waals surface area contributed by atoms with Gasteiger partial charge in [0.2, 0.25) is 0 Å². The standard InChI is InChI=1S/C29H33NO4/c1-26(31,19-8-6-5-7-9-19)21-17-27-12-13-29(21,33-4)25-28(27)14-15-30(2)22(27)16-18-10-11-20(32-3)24(34-25)23(18)28/h5-13,21-22,25,31H,14-17H2,1-4H3/t21-,22-,25-,26-,27-,28+,29-/m1/s1. The highest BCUT2D eigenvalue weighted by molar-refractivity contribution is 5.65. The summed E-state index contributed by atoms with van der Waals surface area (Å²) in [7, 11) is 5.77. The van der Waals surface area contributed by atoms with E-state index in [2.05, 4.69) is 36.2 Å². The summed E-state index contributed by atoms with van der Waals surface area (Å²) in [6.45, 7) is 2.98. The highest BCUT2D eigenvalue weighted by Gasteiger charge is 2.80. The topological polar surface area (TPSA) is 51.2 Å². The van der Waals surface area contributed by atoms with Gasteiger partial charge in [-0.2, -0.15) is 0 Å². The van der Waals surface area contributed by atoms with Crippen molar-refractivity contribution in [3.63, 3.8) is 0 Å². The van der Waals surface area contributed by atoms with Gasteiger partial charge in [0.1, 0.15) is 11.7 Å². The van der Waals surface area contributed by atoms with Gasteiger partial charge in [-0.1, -0.05) is 48.6 Å². The Kier molecular flexibility index (Phi) is 3.98. The Bertz CT molecular complexity index is 1210. The van der Waals surface area contributed by atoms with Crippen LogP contribution in [0.15, 0.2) is 54.6 Å². The number of ether oxygens (including phenoxy) is 3. The Labute approximate surface area is 201 Å². The minimum absolute atomic E-state index is 0.140. The van der Waals surface area contributed by atoms with Crippen LogP contribution in [-0.2, 0) is 22.2 Å². The maximum absolute atomic E-state index is 12.2. The zero-order chi connectivity index (χ0) is 23.5. The van der Waals surface area contributed by atoms with Gasteiger partial charge in [-0.05, 0) is 57.0 Å². The predicted molar refractivity (Wildman–Crippen MR) is 129 cm³/mol. The van der Waals surface area contributed by atoms with Crippen molar-refractivity contribution < 1.29 is 19.3 Å². The Hall–Kier alpha value is -2.34. The van der Waals surface area contributed by atoms with E-state index in [9.17, 15) is 5.11 Å². The molecular formula is C29H33NO4. The van der Waals surface area contributed by atoms with Gasteiger partial charge in [-0.3, -0.25) is 0 Å². The molecule has 6 aliphatic rings. The lowest BCUT2D eigenvalue weighted by Gasteiger charge is -2.72. The van der Waals surface area contributed by atoms with Crippen LogP contribution in [0.25, 0.3) is 0 Å². The number of benzene rings is 2. The van der Waals surface area contributed by atoms with E-state index in [0.29, 0.717) is 6.04 Å². The summed E-state index contributed by atoms with van der Waals surface area (Å²) in [6.07, 6.45) is 7.32. The lowest BCUT2D eigenvalue weighted by atomic mass is 9.36. The van der Waals surface area contributed by atoms with E-state index in [1.807, 2.05) is 37.3 Å². The number of hydrogen-bond acceptors (Lipinski definition) is 5. The van der Waals surface area contributed by atoms with Crippen LogP contribution in [0.3, 0.4) is 0 Å². The van der Waals surface area contributed by atoms with Crippen LogP contribution in [0.5, 0.6) is 11.5 Å². The molecule has 0 amide bonds. The minimum Gasteiger partial charge on any atom is -0.493 e. The smallest absolute Gasteiger partial charge is 0.166 e. The van der Waals surface area contributed by atoms with Crippen molar-refractivity contribution in [2.75, 3.05) is 27.8 Å². The Morgan fingerprint density at radius 2 is 1.91 bits per heavy atom. The van der Waals surface area contributed by atoms with Gasteiger partial charge in [0.15, 0.2) is 11.5 Å². The molecule has 2 aromatic carbocycles. The van der Waals surface area contributed by atoms with E-state index in [-0.39, 0.29) is 22.9 Å². The molecule has 1 N–H and O–H groups in total. The van der Waals surface area contributed by atoms with Gasteiger partial charge < -0.3 is 24.2 Å². The first-order valence-corrected chi connectivity index (χ1v) is 12.5. The third kappa shape index (κ3) is 2.06. The molecule has 4 aliphatic carbocycles. The van der Waals surface area contributed by atoms with E-state index in [1.54, 1.807) is 14.2 Å². The zero-order valence-electron chi connectivity index (χ0n) is 20.4. The average Bonchev–Trinajstić information content (AvgIpc) is 3.23. The van der Waals surface area contributed by atoms with Crippen LogP contribution in [0.4, 0.5) is 0 Å². The highest BCUT2D eigenvalue weighted by Crippen LogP contribution is 2.75. The van der Waals surface area contributed by atoms with Gasteiger partial charge in [-0.15, -0.1) is 0 Å². The first-order chi connectivity index (χ1) is 16.4. The number of likely N-dealkylation sites (N-methyl/N-ethyl adjacent to an activating group) is 1. The fourth-order valence-corrected chi connectivity index (χ4v) is 8.82. The quantitative estimate of drug-likeness (QED) is 0.705. The average molecular weight is 460 g/mol. The summed E-state index contributed by atoms with van der Waals surface area (Å²) < 4.78 is 19.3. The number of fused-ring (bicyclic) bond motifs is 1. The summed E-state index contributed by atoms with van der Waals surface area (Å²) >= 11 is 0. The second-order valence-electron chi connectivity index (χ2n) is 11.3. The molecule has 4 bridgehead atoms. The first kappa shape index (κ1) is 21.0. The van der Waals surface area contributed by atoms with Crippen molar-refractivity contribution in [1.29, 1.82) is 0 Å². The second-order valence-corrected chi connectivity index (χ2v) is 11.3. The summed E-state index contributed by atoms with van der Waals surface area (Å²) in [4.78, 5) is 2.54. The van der Waals surface area contributed by atoms with Crippen LogP contribution < -0.4 is 9.47 Å². The van der Waals surface area contributed by atoms with Gasteiger partial charge >= 0.3 is 0 Å². The molecular weight excluding hydrogens is 426 g/mol. The summed E-state index contributed by atoms with van der Waals surface area (Å²) in [5, 5.41) is 12.2. The SMILES string of the molecule is COc1ccc2c3c1O[C@H]1[C@@]4(OC)C=C[C@@]5(C[C@@H]4[C@](C)(O)c4ccccc4)[C@@H](C2)N(C)CC[C@]315. The maximum Gasteiger partial charge on any atom is 0.166 e. The van der Waals surface area contributed by atoms with Crippen molar-refractivity contribution in [2.45, 2.75) is 54.9 Å². The van der Waals surface area contributed by atoms with Gasteiger partial charge in [0, 0.05) is 30.0 Å². The van der Waals surface area contributed by atoms with E-state index in [0.717, 1.165) is 42.9 Å². The monoisotopic (exact) mass is 459 g/mol. The molecule has 8 rings (SSSR count). The van der Waals surface area contributed by atoms with E-state index in [1.165, 1.54) is 11.1 Å². The highest BCUT2D eigenvalue weighted by atomic mass is 16.6. The van der Waals surface area contributed by atoms with Crippen molar-refractivity contribution >= 4 is 0 Å². The maximum atomic E-state index is 12.2. The first-order valence-electron chi connectivity index (χ1n) is 12.5. The van der Waals surface area contributed by atoms with Crippen LogP contribution in [0, 0.1) is 11.3 Å². The molecule has 0 radical (unpaired) electrons. The van der Waals surface area contributed by atoms with Crippen LogP contribution in [-0.4, -0.2) is 55.6 Å². The van der Waals surface area contributed by atoms with Crippen LogP contribution in [0.1, 0.15) is 36.5 Å². The molecule has 2 heterocycles. The molecule has 5 nitrogen and oxygen atoms in total. The molecule has 2 aromatic rings. The largest absolute Gasteiger partial charge is 0.493 e. The molecule has 0 unspecified atom stereocenters. The summed E-state index contributed by atoms with van der Waals surface area (Å²) in [6, 6.07) is 14.7. The summed E-state index contributed by atoms with van der Waals surface area (Å²) in [5.74, 6) is 1.53. The molecule has 34 heavy (non-hydrogen) atoms. The predicted octanol–water partition coefficient (Wildman–Crippen LogP) is 3.82. The van der Waals surface area contributed by atoms with Crippen molar-refractivity contribution in [2.24, 2.45) is 11.3 Å². The number of rotatable bonds is 4. The van der Waals surface area contributed by atoms with E-state index in [4.69, 9.17) is 14.2 Å². The van der Waals surface area contributed by atoms with Gasteiger partial charge in [-0.25, -0.2) is 0 Å². The number of likely N-dealkylation sites (tertiary alicyclic amines) is 1. The zero-order valence-corrected chi connectivity index (χ0v) is 20.4. The fraction of sp³-hybridized carbons (Fsp3) is 0.517. The lowest BCUT2D eigenvalue weighted by molar-refractivity contribution is -0.248. The molecule has 2 aliphatic heterocycles. The van der Waals surface area contributed by atoms with E-state index >= 15 is 0 Å². The Balaban J connectivity index is 1.51. The number of methoxy groups -OCH3 is 2. The Morgan fingerprint density at radius 3 is 2.65 bits per heavy atom. The Morgan fingerprint density at radius 1 is 1.12 bits per heavy atom. The molecule has 1 saturated carbocycles. The summed E-state index contributed by atoms with van der Waals surface area (Å²) in [5.41, 5.74) is 1.48. The molecule has 1 saturated heterocycles. The van der Waals surface area contributed by atoms with E-state index < -0.39 is 11.2 Å². The number of aliphatic hydroxyl groups is 1. The molecule has 178 valence electrons. The van der Waals surface area contributed by atoms with Crippen LogP contribution >= 0.6 is 0 Å². The normalized spacial score (nSPS) is 40.4. The molecule has 7 atom stereocenters. The molecule has 5 heteroatoms. The molecule has 0 aromatic heterocycles. The lowest BCUT2D eigenvalue weighted by Crippen LogP contribution is -2.80. The third-order valence-corrected chi connectivity index (χ3v) is 10.3. The number of piperidine rings is 1. The van der Waals surface area contributed by atoms with Gasteiger partial charge in [0.05, 0.1) is 18.1 Å². The molecule has 2 spiro atoms. The number of nitrogens with zero attached hydrogens (tertiary/aromatic N) is 1. The minimum atomic E-state index is -1.08. The fourth-order valence-electron chi connectivity index (χ4n) is 8.82. The van der Waals surface area contributed by atoms with Crippen molar-refractivity contribution in [3.05, 3.63) is 71.3 Å². The number of hydrogen-bond donors (Lipinski definition) is 1. The van der Waals surface area contributed by atoms with Crippen LogP contribution in [0.2, 0.25) is 0 Å². The third-order valence-electron chi connectivity index (χ3n) is 10.3. The molecule has 2 fully saturated rings.